The number of anilines is 1. The third kappa shape index (κ3) is 4.33. The second-order valence-corrected chi connectivity index (χ2v) is 5.81. The Balaban J connectivity index is 2.34. The first-order valence-electron chi connectivity index (χ1n) is 7.16. The first-order chi connectivity index (χ1) is 12.4. The number of nitriles is 1. The number of carboxylic acids is 1. The number of methoxy groups -OCH3 is 1. The van der Waals surface area contributed by atoms with E-state index in [0.29, 0.717) is 5.56 Å². The van der Waals surface area contributed by atoms with Crippen molar-refractivity contribution in [3.05, 3.63) is 63.1 Å². The molecule has 0 heterocycles. The van der Waals surface area contributed by atoms with E-state index in [0.717, 1.165) is 0 Å². The van der Waals surface area contributed by atoms with Crippen molar-refractivity contribution in [1.82, 2.24) is 0 Å². The lowest BCUT2D eigenvalue weighted by atomic mass is 10.1. The van der Waals surface area contributed by atoms with Crippen molar-refractivity contribution in [2.75, 3.05) is 12.4 Å². The first-order valence-corrected chi connectivity index (χ1v) is 7.91. The van der Waals surface area contributed by atoms with Gasteiger partial charge in [0, 0.05) is 0 Å². The zero-order chi connectivity index (χ0) is 19.3. The summed E-state index contributed by atoms with van der Waals surface area (Å²) < 4.78 is 5.04. The molecule has 0 saturated heterocycles. The van der Waals surface area contributed by atoms with E-state index in [4.69, 9.17) is 33.0 Å². The number of hydrogen-bond acceptors (Lipinski definition) is 4. The minimum atomic E-state index is -1.20. The lowest BCUT2D eigenvalue weighted by Gasteiger charge is -2.09. The molecular weight excluding hydrogens is 379 g/mol. The molecule has 0 aliphatic heterocycles. The minimum Gasteiger partial charge on any atom is -0.494 e. The van der Waals surface area contributed by atoms with Crippen LogP contribution in [0.1, 0.15) is 15.9 Å². The maximum Gasteiger partial charge on any atom is 0.337 e. The van der Waals surface area contributed by atoms with Crippen LogP contribution in [0.4, 0.5) is 5.69 Å². The van der Waals surface area contributed by atoms with E-state index in [1.54, 1.807) is 12.1 Å². The summed E-state index contributed by atoms with van der Waals surface area (Å²) in [5.41, 5.74) is 0.159. The van der Waals surface area contributed by atoms with E-state index in [1.807, 2.05) is 0 Å². The second kappa shape index (κ2) is 8.39. The van der Waals surface area contributed by atoms with Gasteiger partial charge in [0.1, 0.15) is 11.6 Å². The van der Waals surface area contributed by atoms with E-state index in [9.17, 15) is 14.9 Å². The second-order valence-electron chi connectivity index (χ2n) is 4.99. The molecule has 0 unspecified atom stereocenters. The fourth-order valence-corrected chi connectivity index (χ4v) is 2.80. The molecule has 1 amide bonds. The normalized spacial score (nSPS) is 10.8. The van der Waals surface area contributed by atoms with Crippen molar-refractivity contribution < 1.29 is 19.4 Å². The van der Waals surface area contributed by atoms with Crippen LogP contribution in [0, 0.1) is 11.3 Å². The van der Waals surface area contributed by atoms with Crippen LogP contribution in [0.2, 0.25) is 10.0 Å². The van der Waals surface area contributed by atoms with Gasteiger partial charge in [-0.1, -0.05) is 35.3 Å². The molecule has 0 bridgehead atoms. The number of benzene rings is 2. The number of ether oxygens (including phenoxy) is 1. The third-order valence-corrected chi connectivity index (χ3v) is 3.87. The number of halogens is 2. The van der Waals surface area contributed by atoms with Crippen LogP contribution in [0.3, 0.4) is 0 Å². The van der Waals surface area contributed by atoms with Gasteiger partial charge in [-0.05, 0) is 35.9 Å². The summed E-state index contributed by atoms with van der Waals surface area (Å²) in [5, 5.41) is 21.3. The van der Waals surface area contributed by atoms with Crippen molar-refractivity contribution in [2.24, 2.45) is 0 Å². The van der Waals surface area contributed by atoms with E-state index < -0.39 is 11.9 Å². The molecule has 0 saturated carbocycles. The van der Waals surface area contributed by atoms with E-state index in [2.05, 4.69) is 5.32 Å². The molecule has 2 aromatic carbocycles. The van der Waals surface area contributed by atoms with Crippen molar-refractivity contribution in [3.8, 4) is 11.8 Å². The van der Waals surface area contributed by atoms with Crippen molar-refractivity contribution in [1.29, 1.82) is 5.26 Å². The highest BCUT2D eigenvalue weighted by Crippen LogP contribution is 2.34. The first kappa shape index (κ1) is 19.3. The number of para-hydroxylation sites is 1. The molecule has 2 aromatic rings. The number of rotatable bonds is 5. The molecule has 0 aromatic heterocycles. The maximum atomic E-state index is 12.3. The number of amides is 1. The van der Waals surface area contributed by atoms with E-state index in [1.165, 1.54) is 43.5 Å². The Hall–Kier alpha value is -3.01. The molecule has 8 heteroatoms. The Morgan fingerprint density at radius 2 is 1.85 bits per heavy atom. The number of carboxylic acid groups (broad SMARTS) is 1. The summed E-state index contributed by atoms with van der Waals surface area (Å²) >= 11 is 12.1. The molecule has 0 aliphatic rings. The van der Waals surface area contributed by atoms with E-state index in [-0.39, 0.29) is 32.6 Å². The van der Waals surface area contributed by atoms with Gasteiger partial charge < -0.3 is 15.2 Å². The van der Waals surface area contributed by atoms with Crippen LogP contribution in [0.15, 0.2) is 42.0 Å². The Morgan fingerprint density at radius 1 is 1.23 bits per heavy atom. The van der Waals surface area contributed by atoms with Crippen LogP contribution in [-0.4, -0.2) is 24.1 Å². The van der Waals surface area contributed by atoms with Gasteiger partial charge in [-0.15, -0.1) is 0 Å². The Labute approximate surface area is 159 Å². The molecule has 0 fully saturated rings. The molecule has 2 N–H and O–H groups in total. The van der Waals surface area contributed by atoms with Crippen LogP contribution >= 0.6 is 23.2 Å². The number of carbonyl (C=O) groups is 2. The lowest BCUT2D eigenvalue weighted by Crippen LogP contribution is -2.16. The smallest absolute Gasteiger partial charge is 0.337 e. The third-order valence-electron chi connectivity index (χ3n) is 3.31. The monoisotopic (exact) mass is 390 g/mol. The van der Waals surface area contributed by atoms with Crippen LogP contribution in [0.5, 0.6) is 5.75 Å². The number of nitrogens with zero attached hydrogens (tertiary/aromatic N) is 1. The number of carbonyl (C=O) groups excluding carboxylic acids is 1. The van der Waals surface area contributed by atoms with Crippen molar-refractivity contribution in [3.63, 3.8) is 0 Å². The molecule has 0 atom stereocenters. The van der Waals surface area contributed by atoms with Crippen LogP contribution in [-0.2, 0) is 4.79 Å². The summed E-state index contributed by atoms with van der Waals surface area (Å²) in [4.78, 5) is 23.5. The highest BCUT2D eigenvalue weighted by atomic mass is 35.5. The van der Waals surface area contributed by atoms with Gasteiger partial charge in [-0.3, -0.25) is 4.79 Å². The summed E-state index contributed by atoms with van der Waals surface area (Å²) in [6.07, 6.45) is 1.29. The summed E-state index contributed by atoms with van der Waals surface area (Å²) in [6, 6.07) is 10.6. The molecule has 6 nitrogen and oxygen atoms in total. The van der Waals surface area contributed by atoms with Gasteiger partial charge in [0.15, 0.2) is 5.75 Å². The van der Waals surface area contributed by atoms with Gasteiger partial charge in [-0.2, -0.15) is 5.26 Å². The zero-order valence-corrected chi connectivity index (χ0v) is 14.9. The molecule has 0 aliphatic carbocycles. The largest absolute Gasteiger partial charge is 0.494 e. The standard InChI is InChI=1S/C18H12Cl2N2O4/c1-26-16-13(19)7-10(8-14(16)20)6-11(9-21)17(23)22-15-5-3-2-4-12(15)18(24)25/h2-8H,1H3,(H,22,23)(H,24,25)/b11-6+. The Kier molecular flexibility index (Phi) is 6.23. The predicted octanol–water partition coefficient (Wildman–Crippen LogP) is 4.25. The van der Waals surface area contributed by atoms with Crippen LogP contribution in [0.25, 0.3) is 6.08 Å². The lowest BCUT2D eigenvalue weighted by molar-refractivity contribution is -0.112. The Morgan fingerprint density at radius 3 is 2.38 bits per heavy atom. The number of aromatic carboxylic acids is 1. The fourth-order valence-electron chi connectivity index (χ4n) is 2.14. The predicted molar refractivity (Wildman–Crippen MR) is 98.6 cm³/mol. The van der Waals surface area contributed by atoms with E-state index >= 15 is 0 Å². The summed E-state index contributed by atoms with van der Waals surface area (Å²) in [7, 11) is 1.41. The van der Waals surface area contributed by atoms with Crippen LogP contribution < -0.4 is 10.1 Å². The highest BCUT2D eigenvalue weighted by molar-refractivity contribution is 6.37. The molecular formula is C18H12Cl2N2O4. The quantitative estimate of drug-likeness (QED) is 0.587. The highest BCUT2D eigenvalue weighted by Gasteiger charge is 2.15. The molecule has 26 heavy (non-hydrogen) atoms. The molecule has 2 rings (SSSR count). The fraction of sp³-hybridized carbons (Fsp3) is 0.0556. The molecule has 132 valence electrons. The number of hydrogen-bond donors (Lipinski definition) is 2. The van der Waals surface area contributed by atoms with Gasteiger partial charge in [-0.25, -0.2) is 4.79 Å². The Bertz CT molecular complexity index is 925. The van der Waals surface area contributed by atoms with Crippen molar-refractivity contribution in [2.45, 2.75) is 0 Å². The van der Waals surface area contributed by atoms with Gasteiger partial charge in [0.2, 0.25) is 0 Å². The SMILES string of the molecule is COc1c(Cl)cc(/C=C(\C#N)C(=O)Nc2ccccc2C(=O)O)cc1Cl. The van der Waals surface area contributed by atoms with Gasteiger partial charge in [0.25, 0.3) is 5.91 Å². The zero-order valence-electron chi connectivity index (χ0n) is 13.4. The number of nitrogens with one attached hydrogen (secondary N) is 1. The topological polar surface area (TPSA) is 99.4 Å². The average Bonchev–Trinajstić information content (AvgIpc) is 2.59. The summed E-state index contributed by atoms with van der Waals surface area (Å²) in [6.45, 7) is 0. The summed E-state index contributed by atoms with van der Waals surface area (Å²) in [5.74, 6) is -1.68. The minimum absolute atomic E-state index is 0.0805. The van der Waals surface area contributed by atoms with Gasteiger partial charge in [0.05, 0.1) is 28.4 Å². The average molecular weight is 391 g/mol. The molecule has 0 radical (unpaired) electrons. The maximum absolute atomic E-state index is 12.3. The molecule has 0 spiro atoms. The van der Waals surface area contributed by atoms with Crippen molar-refractivity contribution >= 4 is 46.8 Å². The van der Waals surface area contributed by atoms with Gasteiger partial charge >= 0.3 is 5.97 Å².